The number of benzene rings is 2. The molecule has 0 aliphatic heterocycles. The third kappa shape index (κ3) is 4.37. The number of rotatable bonds is 5. The molecular formula is C19H13F3N2O4. The number of hydrogen-bond acceptors (Lipinski definition) is 4. The minimum atomic E-state index is -4.46. The van der Waals surface area contributed by atoms with Gasteiger partial charge < -0.3 is 9.73 Å². The Bertz CT molecular complexity index is 1010. The van der Waals surface area contributed by atoms with E-state index in [9.17, 15) is 28.1 Å². The highest BCUT2D eigenvalue weighted by Crippen LogP contribution is 2.29. The number of nitro groups is 1. The first-order chi connectivity index (χ1) is 13.2. The van der Waals surface area contributed by atoms with E-state index in [0.717, 1.165) is 12.1 Å². The Labute approximate surface area is 156 Å². The molecule has 0 spiro atoms. The van der Waals surface area contributed by atoms with E-state index in [1.54, 1.807) is 0 Å². The van der Waals surface area contributed by atoms with Crippen molar-refractivity contribution in [3.8, 4) is 11.3 Å². The lowest BCUT2D eigenvalue weighted by Gasteiger charge is -2.09. The normalized spacial score (nSPS) is 11.2. The molecule has 0 fully saturated rings. The number of furan rings is 1. The lowest BCUT2D eigenvalue weighted by molar-refractivity contribution is -0.384. The quantitative estimate of drug-likeness (QED) is 0.501. The highest BCUT2D eigenvalue weighted by atomic mass is 19.4. The zero-order chi connectivity index (χ0) is 20.3. The summed E-state index contributed by atoms with van der Waals surface area (Å²) in [7, 11) is 0. The average Bonchev–Trinajstić information content (AvgIpc) is 3.16. The lowest BCUT2D eigenvalue weighted by atomic mass is 10.1. The predicted molar refractivity (Wildman–Crippen MR) is 93.4 cm³/mol. The first-order valence-corrected chi connectivity index (χ1v) is 8.03. The van der Waals surface area contributed by atoms with Crippen LogP contribution in [0.3, 0.4) is 0 Å². The van der Waals surface area contributed by atoms with E-state index < -0.39 is 22.6 Å². The smallest absolute Gasteiger partial charge is 0.416 e. The van der Waals surface area contributed by atoms with Crippen LogP contribution in [0.15, 0.2) is 65.1 Å². The molecule has 28 heavy (non-hydrogen) atoms. The van der Waals surface area contributed by atoms with Crippen molar-refractivity contribution in [2.45, 2.75) is 12.7 Å². The molecule has 0 saturated carbocycles. The summed E-state index contributed by atoms with van der Waals surface area (Å²) in [6.07, 6.45) is -4.46. The highest BCUT2D eigenvalue weighted by molar-refractivity contribution is 5.92. The second-order valence-electron chi connectivity index (χ2n) is 5.85. The summed E-state index contributed by atoms with van der Waals surface area (Å²) in [5, 5.41) is 13.2. The number of hydrogen-bond donors (Lipinski definition) is 1. The molecular weight excluding hydrogens is 377 g/mol. The molecule has 0 bridgehead atoms. The van der Waals surface area contributed by atoms with Gasteiger partial charge in [-0.05, 0) is 42.0 Å². The van der Waals surface area contributed by atoms with Crippen LogP contribution in [0.1, 0.15) is 21.7 Å². The number of carbonyl (C=O) groups excluding carboxylic acids is 1. The SMILES string of the molecule is O=C(NCc1cccc(C(F)(F)F)c1)c1ccc(-c2ccc([N+](=O)[O-])cc2)o1. The molecule has 3 aromatic rings. The van der Waals surface area contributed by atoms with Gasteiger partial charge in [0.25, 0.3) is 11.6 Å². The molecule has 0 aliphatic carbocycles. The molecule has 1 N–H and O–H groups in total. The summed E-state index contributed by atoms with van der Waals surface area (Å²) in [6.45, 7) is -0.101. The third-order valence-electron chi connectivity index (χ3n) is 3.90. The molecule has 1 aromatic heterocycles. The molecule has 3 rings (SSSR count). The number of alkyl halides is 3. The van der Waals surface area contributed by atoms with Gasteiger partial charge in [0.05, 0.1) is 10.5 Å². The van der Waals surface area contributed by atoms with E-state index in [0.29, 0.717) is 16.9 Å². The van der Waals surface area contributed by atoms with Gasteiger partial charge in [-0.2, -0.15) is 13.2 Å². The number of nitrogens with one attached hydrogen (secondary N) is 1. The fraction of sp³-hybridized carbons (Fsp3) is 0.105. The minimum absolute atomic E-state index is 0.0275. The molecule has 144 valence electrons. The predicted octanol–water partition coefficient (Wildman–Crippen LogP) is 4.80. The van der Waals surface area contributed by atoms with Crippen LogP contribution in [0.25, 0.3) is 11.3 Å². The molecule has 0 unspecified atom stereocenters. The third-order valence-corrected chi connectivity index (χ3v) is 3.90. The van der Waals surface area contributed by atoms with Crippen molar-refractivity contribution in [1.29, 1.82) is 0 Å². The van der Waals surface area contributed by atoms with Gasteiger partial charge in [0.2, 0.25) is 0 Å². The first-order valence-electron chi connectivity index (χ1n) is 8.03. The number of amides is 1. The van der Waals surface area contributed by atoms with Gasteiger partial charge in [-0.25, -0.2) is 0 Å². The second-order valence-corrected chi connectivity index (χ2v) is 5.85. The Hall–Kier alpha value is -3.62. The zero-order valence-electron chi connectivity index (χ0n) is 14.2. The summed E-state index contributed by atoms with van der Waals surface area (Å²) in [6, 6.07) is 13.2. The van der Waals surface area contributed by atoms with Crippen LogP contribution in [0, 0.1) is 10.1 Å². The summed E-state index contributed by atoms with van der Waals surface area (Å²) in [4.78, 5) is 22.3. The molecule has 0 radical (unpaired) electrons. The van der Waals surface area contributed by atoms with Gasteiger partial charge >= 0.3 is 6.18 Å². The fourth-order valence-corrected chi connectivity index (χ4v) is 2.49. The zero-order valence-corrected chi connectivity index (χ0v) is 14.2. The van der Waals surface area contributed by atoms with Gasteiger partial charge in [0.1, 0.15) is 5.76 Å². The van der Waals surface area contributed by atoms with E-state index in [1.807, 2.05) is 0 Å². The van der Waals surface area contributed by atoms with Gasteiger partial charge in [-0.15, -0.1) is 0 Å². The lowest BCUT2D eigenvalue weighted by Crippen LogP contribution is -2.22. The Morgan fingerprint density at radius 2 is 1.79 bits per heavy atom. The van der Waals surface area contributed by atoms with Crippen LogP contribution < -0.4 is 5.32 Å². The molecule has 2 aromatic carbocycles. The molecule has 9 heteroatoms. The Kier molecular flexibility index (Phi) is 5.16. The van der Waals surface area contributed by atoms with Crippen molar-refractivity contribution in [1.82, 2.24) is 5.32 Å². The molecule has 0 saturated heterocycles. The van der Waals surface area contributed by atoms with Crippen molar-refractivity contribution in [2.75, 3.05) is 0 Å². The average molecular weight is 390 g/mol. The monoisotopic (exact) mass is 390 g/mol. The van der Waals surface area contributed by atoms with Crippen molar-refractivity contribution in [3.05, 3.63) is 87.7 Å². The van der Waals surface area contributed by atoms with Crippen LogP contribution in [0.2, 0.25) is 0 Å². The molecule has 6 nitrogen and oxygen atoms in total. The topological polar surface area (TPSA) is 85.4 Å². The van der Waals surface area contributed by atoms with Crippen LogP contribution in [0.4, 0.5) is 18.9 Å². The number of carbonyl (C=O) groups is 1. The van der Waals surface area contributed by atoms with Crippen molar-refractivity contribution >= 4 is 11.6 Å². The maximum absolute atomic E-state index is 12.7. The van der Waals surface area contributed by atoms with Crippen molar-refractivity contribution in [2.24, 2.45) is 0 Å². The van der Waals surface area contributed by atoms with Gasteiger partial charge in [0, 0.05) is 24.2 Å². The second kappa shape index (κ2) is 7.55. The molecule has 1 amide bonds. The highest BCUT2D eigenvalue weighted by Gasteiger charge is 2.30. The Balaban J connectivity index is 1.67. The summed E-state index contributed by atoms with van der Waals surface area (Å²) in [5.74, 6) is -0.287. The minimum Gasteiger partial charge on any atom is -0.451 e. The van der Waals surface area contributed by atoms with Gasteiger partial charge in [0.15, 0.2) is 5.76 Å². The Morgan fingerprint density at radius 1 is 1.07 bits per heavy atom. The summed E-state index contributed by atoms with van der Waals surface area (Å²) >= 11 is 0. The molecule has 0 atom stereocenters. The number of halogens is 3. The van der Waals surface area contributed by atoms with Gasteiger partial charge in [-0.1, -0.05) is 12.1 Å². The summed E-state index contributed by atoms with van der Waals surface area (Å²) in [5.41, 5.74) is -0.0279. The van der Waals surface area contributed by atoms with E-state index in [-0.39, 0.29) is 18.0 Å². The van der Waals surface area contributed by atoms with E-state index in [2.05, 4.69) is 5.32 Å². The number of non-ortho nitro benzene ring substituents is 1. The van der Waals surface area contributed by atoms with E-state index >= 15 is 0 Å². The maximum Gasteiger partial charge on any atom is 0.416 e. The van der Waals surface area contributed by atoms with Crippen LogP contribution in [-0.4, -0.2) is 10.8 Å². The number of nitro benzene ring substituents is 1. The maximum atomic E-state index is 12.7. The van der Waals surface area contributed by atoms with E-state index in [4.69, 9.17) is 4.42 Å². The van der Waals surface area contributed by atoms with Crippen LogP contribution in [-0.2, 0) is 12.7 Å². The summed E-state index contributed by atoms with van der Waals surface area (Å²) < 4.78 is 43.6. The standard InChI is InChI=1S/C19H13F3N2O4/c20-19(21,22)14-3-1-2-12(10-14)11-23-18(25)17-9-8-16(28-17)13-4-6-15(7-5-13)24(26)27/h1-10H,11H2,(H,23,25). The number of nitrogens with zero attached hydrogens (tertiary/aromatic N) is 1. The molecule has 0 aliphatic rings. The van der Waals surface area contributed by atoms with Gasteiger partial charge in [-0.3, -0.25) is 14.9 Å². The Morgan fingerprint density at radius 3 is 2.43 bits per heavy atom. The molecule has 1 heterocycles. The van der Waals surface area contributed by atoms with Crippen LogP contribution >= 0.6 is 0 Å². The van der Waals surface area contributed by atoms with Crippen molar-refractivity contribution in [3.63, 3.8) is 0 Å². The largest absolute Gasteiger partial charge is 0.451 e. The fourth-order valence-electron chi connectivity index (χ4n) is 2.49. The van der Waals surface area contributed by atoms with Crippen molar-refractivity contribution < 1.29 is 27.3 Å². The first kappa shape index (κ1) is 19.2. The van der Waals surface area contributed by atoms with E-state index in [1.165, 1.54) is 48.5 Å². The van der Waals surface area contributed by atoms with Crippen LogP contribution in [0.5, 0.6) is 0 Å².